The molecule has 0 aliphatic carbocycles. The highest BCUT2D eigenvalue weighted by Gasteiger charge is 2.36. The van der Waals surface area contributed by atoms with Crippen LogP contribution < -0.4 is 10.6 Å². The van der Waals surface area contributed by atoms with Gasteiger partial charge < -0.3 is 24.9 Å². The van der Waals surface area contributed by atoms with Gasteiger partial charge in [-0.05, 0) is 223 Å². The van der Waals surface area contributed by atoms with E-state index in [1.165, 1.54) is 133 Å². The van der Waals surface area contributed by atoms with Gasteiger partial charge in [0, 0.05) is 94.7 Å². The zero-order valence-electron chi connectivity index (χ0n) is 49.0. The van der Waals surface area contributed by atoms with Gasteiger partial charge in [-0.15, -0.1) is 11.3 Å². The third kappa shape index (κ3) is 18.7. The minimum atomic E-state index is 0. The molecule has 4 atom stereocenters. The van der Waals surface area contributed by atoms with Gasteiger partial charge >= 0.3 is 0 Å². The molecular formula is C70H85IN8O4S2. The maximum atomic E-state index is 12.4. The van der Waals surface area contributed by atoms with Crippen molar-refractivity contribution in [1.29, 1.82) is 0 Å². The number of carbonyl (C=O) groups is 3. The Balaban J connectivity index is 0.000000129. The first-order valence-corrected chi connectivity index (χ1v) is 33.2. The highest BCUT2D eigenvalue weighted by molar-refractivity contribution is 14.1. The van der Waals surface area contributed by atoms with Crippen LogP contribution >= 0.6 is 45.3 Å². The Morgan fingerprint density at radius 2 is 1.28 bits per heavy atom. The minimum Gasteiger partial charge on any atom is -0.463 e. The summed E-state index contributed by atoms with van der Waals surface area (Å²) in [4.78, 5) is 60.0. The van der Waals surface area contributed by atoms with Gasteiger partial charge in [0.1, 0.15) is 5.69 Å². The predicted octanol–water partition coefficient (Wildman–Crippen LogP) is 14.3. The van der Waals surface area contributed by atoms with Gasteiger partial charge in [0.15, 0.2) is 17.1 Å². The molecule has 15 heteroatoms. The number of aryl methyl sites for hydroxylation is 5. The molecule has 8 aliphatic heterocycles. The first kappa shape index (κ1) is 63.8. The molecule has 2 N–H and O–H groups in total. The van der Waals surface area contributed by atoms with E-state index in [0.717, 1.165) is 100 Å². The fraction of sp³-hybridized carbons (Fsp3) is 0.443. The Labute approximate surface area is 525 Å². The number of aromatic nitrogens is 4. The molecule has 0 spiro atoms. The van der Waals surface area contributed by atoms with E-state index in [1.54, 1.807) is 23.8 Å². The highest BCUT2D eigenvalue weighted by Crippen LogP contribution is 2.36. The van der Waals surface area contributed by atoms with Crippen LogP contribution in [0.5, 0.6) is 0 Å². The zero-order chi connectivity index (χ0) is 58.2. The van der Waals surface area contributed by atoms with E-state index >= 15 is 0 Å². The molecule has 6 aromatic heterocycles. The molecule has 0 radical (unpaired) electrons. The summed E-state index contributed by atoms with van der Waals surface area (Å²) >= 11 is 5.36. The second-order valence-electron chi connectivity index (χ2n) is 23.8. The lowest BCUT2D eigenvalue weighted by atomic mass is 9.76. The molecular weight excluding hydrogens is 1210 g/mol. The van der Waals surface area contributed by atoms with Crippen molar-refractivity contribution < 1.29 is 18.8 Å². The molecule has 8 saturated heterocycles. The number of carbonyl (C=O) groups excluding carboxylic acids is 3. The van der Waals surface area contributed by atoms with Crippen molar-refractivity contribution in [2.75, 3.05) is 52.4 Å². The minimum absolute atomic E-state index is 0. The largest absolute Gasteiger partial charge is 0.463 e. The summed E-state index contributed by atoms with van der Waals surface area (Å²) in [5.74, 6) is 3.24. The average molecular weight is 1290 g/mol. The molecule has 0 unspecified atom stereocenters. The number of ketones is 3. The SMILES string of the molecule is C.Cc1ccc(C(=O)C[C@H]2CN3CCC2CC3)cc1.Cc1ccc(Cc2nc(C)c(C(=O)c3ccsc3)s2)cc1.Ic1cncc(CC[C@@H]2CCN2)c1.O=C(C[C@H]1CN2CCC1CC2)c1cc2ccoc2cn1.c1cncc(CC[C@@H]2CCN2)c1. The van der Waals surface area contributed by atoms with Crippen molar-refractivity contribution in [3.8, 4) is 0 Å². The summed E-state index contributed by atoms with van der Waals surface area (Å²) in [7, 11) is 0. The molecule has 0 saturated carbocycles. The summed E-state index contributed by atoms with van der Waals surface area (Å²) in [5, 5.41) is 12.6. The Morgan fingerprint density at radius 1 is 0.671 bits per heavy atom. The second-order valence-corrected chi connectivity index (χ2v) is 26.9. The lowest BCUT2D eigenvalue weighted by molar-refractivity contribution is 0.0438. The van der Waals surface area contributed by atoms with Crippen LogP contribution in [0.15, 0.2) is 137 Å². The van der Waals surface area contributed by atoms with Gasteiger partial charge in [0.25, 0.3) is 0 Å². The maximum Gasteiger partial charge on any atom is 0.205 e. The fourth-order valence-electron chi connectivity index (χ4n) is 12.3. The Hall–Kier alpha value is -5.66. The van der Waals surface area contributed by atoms with Crippen molar-refractivity contribution in [3.63, 3.8) is 0 Å². The summed E-state index contributed by atoms with van der Waals surface area (Å²) in [5.41, 5.74) is 10.2. The topological polar surface area (TPSA) is 146 Å². The number of fused-ring (bicyclic) bond motifs is 7. The normalized spacial score (nSPS) is 22.2. The van der Waals surface area contributed by atoms with Crippen LogP contribution in [0.1, 0.15) is 146 Å². The molecule has 8 fully saturated rings. The number of pyridine rings is 3. The van der Waals surface area contributed by atoms with Crippen LogP contribution in [0.25, 0.3) is 11.0 Å². The van der Waals surface area contributed by atoms with Crippen molar-refractivity contribution >= 4 is 73.6 Å². The smallest absolute Gasteiger partial charge is 0.205 e. The van der Waals surface area contributed by atoms with E-state index in [4.69, 9.17) is 4.42 Å². The standard InChI is InChI=1S/C17H15NOS2.C16H18N2O2.C16H21NO.C10H13IN2.C10H14N2.CH4/c1-11-3-5-13(6-4-11)9-15-18-12(2)17(21-15)16(19)14-7-8-20-10-14;19-15(8-13-10-18-4-1-11(13)2-5-18)14-7-12-3-6-20-16(12)9-17-14;1-12-2-4-14(5-3-12)16(18)10-15-11-17-8-6-13(15)7-9-17;11-9-5-8(6-12-7-9)1-2-10-3-4-13-10;1-2-9(8-11-6-1)3-4-10-5-7-12-10;/h3-8,10H,9H2,1-2H3;3,6-7,9,11,13H,1-2,4-5,8,10H2;2-5,13,15H,6-11H2,1H3;5-7,10,13H,1-4H2;1-2,6,8,10,12H,3-5,7H2;1H4/t;13-;15-;2*10-;/m.0011./s1. The molecule has 8 aliphatic rings. The third-order valence-electron chi connectivity index (χ3n) is 17.7. The van der Waals surface area contributed by atoms with Gasteiger partial charge in [-0.1, -0.05) is 73.2 Å². The van der Waals surface area contributed by atoms with E-state index in [1.807, 2.05) is 91.0 Å². The number of nitrogens with one attached hydrogen (secondary N) is 2. The van der Waals surface area contributed by atoms with Gasteiger partial charge in [-0.25, -0.2) is 9.97 Å². The number of rotatable bonds is 16. The average Bonchev–Trinajstić information content (AvgIpc) is 4.00. The number of halogens is 1. The lowest BCUT2D eigenvalue weighted by Crippen LogP contribution is -2.47. The lowest BCUT2D eigenvalue weighted by Gasteiger charge is -2.44. The van der Waals surface area contributed by atoms with Crippen LogP contribution in [-0.4, -0.2) is 112 Å². The predicted molar refractivity (Wildman–Crippen MR) is 354 cm³/mol. The molecule has 0 amide bonds. The number of nitrogens with zero attached hydrogens (tertiary/aromatic N) is 6. The van der Waals surface area contributed by atoms with Crippen molar-refractivity contribution in [2.45, 2.75) is 124 Å². The monoisotopic (exact) mass is 1290 g/mol. The van der Waals surface area contributed by atoms with Crippen LogP contribution in [0.3, 0.4) is 0 Å². The van der Waals surface area contributed by atoms with E-state index in [2.05, 4.69) is 113 Å². The maximum absolute atomic E-state index is 12.4. The van der Waals surface area contributed by atoms with Gasteiger partial charge in [-0.2, -0.15) is 11.3 Å². The quantitative estimate of drug-likeness (QED) is 0.0701. The molecule has 14 heterocycles. The second kappa shape index (κ2) is 31.8. The van der Waals surface area contributed by atoms with E-state index < -0.39 is 0 Å². The summed E-state index contributed by atoms with van der Waals surface area (Å²) in [6, 6.07) is 29.9. The first-order valence-electron chi connectivity index (χ1n) is 30.4. The fourth-order valence-corrected chi connectivity index (χ4v) is 14.5. The highest BCUT2D eigenvalue weighted by atomic mass is 127. The summed E-state index contributed by atoms with van der Waals surface area (Å²) in [6.45, 7) is 15.6. The number of benzene rings is 2. The van der Waals surface area contributed by atoms with Gasteiger partial charge in [0.05, 0.1) is 28.0 Å². The Kier molecular flexibility index (Phi) is 23.9. The number of thiophene rings is 1. The number of hydrogen-bond donors (Lipinski definition) is 2. The summed E-state index contributed by atoms with van der Waals surface area (Å²) in [6.07, 6.45) is 25.7. The number of furan rings is 1. The zero-order valence-corrected chi connectivity index (χ0v) is 52.8. The van der Waals surface area contributed by atoms with Crippen molar-refractivity contribution in [3.05, 3.63) is 197 Å². The van der Waals surface area contributed by atoms with E-state index in [0.29, 0.717) is 29.7 Å². The Morgan fingerprint density at radius 3 is 1.84 bits per heavy atom. The molecule has 85 heavy (non-hydrogen) atoms. The molecule has 8 aromatic rings. The van der Waals surface area contributed by atoms with E-state index in [9.17, 15) is 14.4 Å². The van der Waals surface area contributed by atoms with Gasteiger partial charge in [0.2, 0.25) is 5.78 Å². The summed E-state index contributed by atoms with van der Waals surface area (Å²) < 4.78 is 6.50. The van der Waals surface area contributed by atoms with Gasteiger partial charge in [-0.3, -0.25) is 24.4 Å². The number of hydrogen-bond acceptors (Lipinski definition) is 14. The van der Waals surface area contributed by atoms with E-state index in [-0.39, 0.29) is 19.0 Å². The van der Waals surface area contributed by atoms with Crippen LogP contribution in [0, 0.1) is 48.0 Å². The van der Waals surface area contributed by atoms with Crippen LogP contribution in [0.2, 0.25) is 0 Å². The first-order chi connectivity index (χ1) is 40.9. The number of Topliss-reactive ketones (excluding diaryl/α,β-unsaturated/α-hetero) is 2. The van der Waals surface area contributed by atoms with Crippen molar-refractivity contribution in [2.24, 2.45) is 23.7 Å². The van der Waals surface area contributed by atoms with Crippen LogP contribution in [-0.2, 0) is 19.3 Å². The molecule has 12 nitrogen and oxygen atoms in total. The number of piperidine rings is 6. The molecule has 16 rings (SSSR count). The Bertz CT molecular complexity index is 3350. The molecule has 4 bridgehead atoms. The third-order valence-corrected chi connectivity index (χ3v) is 20.1. The van der Waals surface area contributed by atoms with Crippen molar-refractivity contribution in [1.82, 2.24) is 40.4 Å². The number of thiazole rings is 1. The molecule has 448 valence electrons. The molecule has 2 aromatic carbocycles. The van der Waals surface area contributed by atoms with Crippen LogP contribution in [0.4, 0.5) is 0 Å².